The molecule has 0 unspecified atom stereocenters. The van der Waals surface area contributed by atoms with Crippen LogP contribution in [0.15, 0.2) is 30.3 Å². The number of benzene rings is 1. The lowest BCUT2D eigenvalue weighted by atomic mass is 10.1. The van der Waals surface area contributed by atoms with Crippen LogP contribution >= 0.6 is 0 Å². The Morgan fingerprint density at radius 3 is 2.54 bits per heavy atom. The smallest absolute Gasteiger partial charge is 0.407 e. The molecule has 0 aliphatic rings. The molecule has 0 aliphatic carbocycles. The number of carbonyl (C=O) groups is 3. The molecule has 0 saturated heterocycles. The van der Waals surface area contributed by atoms with Gasteiger partial charge in [-0.15, -0.1) is 12.3 Å². The molecule has 0 spiro atoms. The molecule has 0 saturated carbocycles. The molecular weight excluding hydrogens is 358 g/mol. The number of hydrogen-bond acceptors (Lipinski definition) is 4. The summed E-state index contributed by atoms with van der Waals surface area (Å²) >= 11 is 0. The van der Waals surface area contributed by atoms with E-state index in [1.807, 2.05) is 30.3 Å². The van der Waals surface area contributed by atoms with Gasteiger partial charge in [-0.1, -0.05) is 36.8 Å². The van der Waals surface area contributed by atoms with Gasteiger partial charge < -0.3 is 21.1 Å². The second kappa shape index (κ2) is 14.1. The second-order valence-corrected chi connectivity index (χ2v) is 6.42. The van der Waals surface area contributed by atoms with E-state index < -0.39 is 18.0 Å². The summed E-state index contributed by atoms with van der Waals surface area (Å²) in [5, 5.41) is 5.32. The van der Waals surface area contributed by atoms with E-state index in [-0.39, 0.29) is 12.5 Å². The van der Waals surface area contributed by atoms with Gasteiger partial charge in [-0.25, -0.2) is 4.79 Å². The molecule has 0 fully saturated rings. The van der Waals surface area contributed by atoms with Gasteiger partial charge in [0.25, 0.3) is 0 Å². The summed E-state index contributed by atoms with van der Waals surface area (Å²) in [6.45, 7) is 0.709. The van der Waals surface area contributed by atoms with Gasteiger partial charge in [-0.05, 0) is 31.2 Å². The van der Waals surface area contributed by atoms with E-state index in [1.165, 1.54) is 0 Å². The monoisotopic (exact) mass is 387 g/mol. The molecule has 0 aliphatic heterocycles. The van der Waals surface area contributed by atoms with Gasteiger partial charge in [-0.3, -0.25) is 9.59 Å². The topological polar surface area (TPSA) is 111 Å². The van der Waals surface area contributed by atoms with E-state index in [0.717, 1.165) is 18.4 Å². The number of nitrogens with one attached hydrogen (secondary N) is 2. The van der Waals surface area contributed by atoms with Gasteiger partial charge in [0.1, 0.15) is 12.6 Å². The first-order valence-corrected chi connectivity index (χ1v) is 9.49. The Bertz CT molecular complexity index is 655. The van der Waals surface area contributed by atoms with Crippen LogP contribution in [0.2, 0.25) is 0 Å². The minimum Gasteiger partial charge on any atom is -0.445 e. The molecule has 7 heteroatoms. The molecule has 152 valence electrons. The fourth-order valence-electron chi connectivity index (χ4n) is 2.51. The first-order chi connectivity index (χ1) is 13.5. The Hall–Kier alpha value is -3.01. The molecule has 1 aromatic carbocycles. The lowest BCUT2D eigenvalue weighted by Crippen LogP contribution is -2.44. The number of rotatable bonds is 13. The number of amides is 3. The van der Waals surface area contributed by atoms with E-state index in [1.54, 1.807) is 0 Å². The van der Waals surface area contributed by atoms with Gasteiger partial charge in [0, 0.05) is 19.4 Å². The van der Waals surface area contributed by atoms with Crippen LogP contribution in [0.5, 0.6) is 0 Å². The van der Waals surface area contributed by atoms with Gasteiger partial charge >= 0.3 is 6.09 Å². The van der Waals surface area contributed by atoms with Crippen molar-refractivity contribution in [2.45, 2.75) is 57.6 Å². The third kappa shape index (κ3) is 10.9. The van der Waals surface area contributed by atoms with Gasteiger partial charge in [0.05, 0.1) is 0 Å². The molecule has 28 heavy (non-hydrogen) atoms. The summed E-state index contributed by atoms with van der Waals surface area (Å²) in [4.78, 5) is 34.9. The Balaban J connectivity index is 2.07. The number of carbonyl (C=O) groups excluding carboxylic acids is 3. The van der Waals surface area contributed by atoms with Gasteiger partial charge in [0.15, 0.2) is 0 Å². The number of primary amides is 1. The predicted molar refractivity (Wildman–Crippen MR) is 107 cm³/mol. The standard InChI is InChI=1S/C21H29N3O4/c1-2-3-6-13-18(20(22)26)24-19(25)14-9-5-10-15-23-21(27)28-16-17-11-7-4-8-12-17/h1,4,7-8,11-12,18H,3,5-6,9-10,13-16H2,(H2,22,26)(H,23,27)(H,24,25)/t18-/m1/s1. The number of ether oxygens (including phenoxy) is 1. The normalized spacial score (nSPS) is 11.1. The maximum absolute atomic E-state index is 11.9. The highest BCUT2D eigenvalue weighted by molar-refractivity contribution is 5.86. The summed E-state index contributed by atoms with van der Waals surface area (Å²) in [6.07, 6.45) is 8.79. The van der Waals surface area contributed by atoms with Crippen LogP contribution in [-0.2, 0) is 20.9 Å². The fourth-order valence-corrected chi connectivity index (χ4v) is 2.51. The van der Waals surface area contributed by atoms with Crippen molar-refractivity contribution in [2.24, 2.45) is 5.73 Å². The van der Waals surface area contributed by atoms with Crippen molar-refractivity contribution in [3.63, 3.8) is 0 Å². The molecule has 4 N–H and O–H groups in total. The molecular formula is C21H29N3O4. The summed E-state index contributed by atoms with van der Waals surface area (Å²) in [6, 6.07) is 8.76. The molecule has 1 aromatic rings. The minimum atomic E-state index is -0.679. The Morgan fingerprint density at radius 2 is 1.86 bits per heavy atom. The number of alkyl carbamates (subject to hydrolysis) is 1. The highest BCUT2D eigenvalue weighted by atomic mass is 16.5. The molecule has 1 atom stereocenters. The largest absolute Gasteiger partial charge is 0.445 e. The quantitative estimate of drug-likeness (QED) is 0.356. The molecule has 0 bridgehead atoms. The number of terminal acetylenes is 1. The first-order valence-electron chi connectivity index (χ1n) is 9.49. The van der Waals surface area contributed by atoms with Crippen molar-refractivity contribution in [1.82, 2.24) is 10.6 Å². The van der Waals surface area contributed by atoms with Crippen molar-refractivity contribution in [3.05, 3.63) is 35.9 Å². The van der Waals surface area contributed by atoms with Crippen molar-refractivity contribution in [2.75, 3.05) is 6.54 Å². The molecule has 7 nitrogen and oxygen atoms in total. The molecule has 0 aromatic heterocycles. The van der Waals surface area contributed by atoms with Crippen LogP contribution < -0.4 is 16.4 Å². The average Bonchev–Trinajstić information content (AvgIpc) is 2.69. The average molecular weight is 387 g/mol. The molecule has 3 amide bonds. The maximum Gasteiger partial charge on any atom is 0.407 e. The lowest BCUT2D eigenvalue weighted by Gasteiger charge is -2.14. The van der Waals surface area contributed by atoms with Gasteiger partial charge in [0.2, 0.25) is 11.8 Å². The Morgan fingerprint density at radius 1 is 1.11 bits per heavy atom. The minimum absolute atomic E-state index is 0.209. The summed E-state index contributed by atoms with van der Waals surface area (Å²) in [5.74, 6) is 1.73. The lowest BCUT2D eigenvalue weighted by molar-refractivity contribution is -0.127. The number of hydrogen-bond donors (Lipinski definition) is 3. The van der Waals surface area contributed by atoms with Crippen LogP contribution in [0.4, 0.5) is 4.79 Å². The van der Waals surface area contributed by atoms with Crippen LogP contribution in [0.1, 0.15) is 50.5 Å². The number of nitrogens with two attached hydrogens (primary N) is 1. The van der Waals surface area contributed by atoms with Crippen molar-refractivity contribution >= 4 is 17.9 Å². The highest BCUT2D eigenvalue weighted by Crippen LogP contribution is 2.04. The van der Waals surface area contributed by atoms with E-state index in [4.69, 9.17) is 16.9 Å². The van der Waals surface area contributed by atoms with Crippen LogP contribution in [0.25, 0.3) is 0 Å². The van der Waals surface area contributed by atoms with Crippen LogP contribution in [0, 0.1) is 12.3 Å². The fraction of sp³-hybridized carbons (Fsp3) is 0.476. The predicted octanol–water partition coefficient (Wildman–Crippen LogP) is 2.25. The maximum atomic E-state index is 11.9. The Labute approximate surface area is 166 Å². The summed E-state index contributed by atoms with van der Waals surface area (Å²) in [5.41, 5.74) is 6.22. The zero-order chi connectivity index (χ0) is 20.6. The van der Waals surface area contributed by atoms with Crippen LogP contribution in [0.3, 0.4) is 0 Å². The van der Waals surface area contributed by atoms with Crippen molar-refractivity contribution in [3.8, 4) is 12.3 Å². The molecule has 0 radical (unpaired) electrons. The zero-order valence-corrected chi connectivity index (χ0v) is 16.1. The van der Waals surface area contributed by atoms with Crippen LogP contribution in [-0.4, -0.2) is 30.5 Å². The van der Waals surface area contributed by atoms with E-state index in [2.05, 4.69) is 16.6 Å². The van der Waals surface area contributed by atoms with Crippen molar-refractivity contribution in [1.29, 1.82) is 0 Å². The molecule has 1 rings (SSSR count). The highest BCUT2D eigenvalue weighted by Gasteiger charge is 2.17. The first kappa shape index (κ1) is 23.0. The summed E-state index contributed by atoms with van der Waals surface area (Å²) < 4.78 is 5.11. The second-order valence-electron chi connectivity index (χ2n) is 6.42. The van der Waals surface area contributed by atoms with E-state index in [9.17, 15) is 14.4 Å². The summed E-state index contributed by atoms with van der Waals surface area (Å²) in [7, 11) is 0. The van der Waals surface area contributed by atoms with E-state index in [0.29, 0.717) is 38.6 Å². The Kier molecular flexibility index (Phi) is 11.6. The molecule has 0 heterocycles. The SMILES string of the molecule is C#CCCC[C@@H](NC(=O)CCCCCNC(=O)OCc1ccccc1)C(N)=O. The van der Waals surface area contributed by atoms with Gasteiger partial charge in [-0.2, -0.15) is 0 Å². The zero-order valence-electron chi connectivity index (χ0n) is 16.1. The van der Waals surface area contributed by atoms with E-state index >= 15 is 0 Å². The third-order valence-corrected chi connectivity index (χ3v) is 4.06. The van der Waals surface area contributed by atoms with Crippen molar-refractivity contribution < 1.29 is 19.1 Å². The third-order valence-electron chi connectivity index (χ3n) is 4.06. The number of unbranched alkanes of at least 4 members (excludes halogenated alkanes) is 3.